The fourth-order valence-electron chi connectivity index (χ4n) is 2.89. The third kappa shape index (κ3) is 8.96. The van der Waals surface area contributed by atoms with Gasteiger partial charge in [-0.05, 0) is 52.7 Å². The van der Waals surface area contributed by atoms with Crippen LogP contribution in [-0.2, 0) is 32.0 Å². The minimum atomic E-state index is -1.28. The van der Waals surface area contributed by atoms with Crippen molar-refractivity contribution in [3.05, 3.63) is 71.8 Å². The van der Waals surface area contributed by atoms with Gasteiger partial charge in [-0.15, -0.1) is 0 Å². The van der Waals surface area contributed by atoms with Crippen LogP contribution in [0.25, 0.3) is 0 Å². The molecule has 0 spiro atoms. The average molecular weight is 457 g/mol. The Balaban J connectivity index is 2.39. The Kier molecular flexibility index (Phi) is 8.63. The first-order chi connectivity index (χ1) is 15.4. The van der Waals surface area contributed by atoms with E-state index in [0.717, 1.165) is 16.0 Å². The van der Waals surface area contributed by atoms with Crippen LogP contribution in [0.5, 0.6) is 0 Å². The first kappa shape index (κ1) is 25.9. The van der Waals surface area contributed by atoms with Gasteiger partial charge in [0.1, 0.15) is 23.9 Å². The van der Waals surface area contributed by atoms with Crippen LogP contribution in [-0.4, -0.2) is 40.3 Å². The molecule has 0 N–H and O–H groups in total. The van der Waals surface area contributed by atoms with Gasteiger partial charge in [0.15, 0.2) is 0 Å². The number of hydrogen-bond acceptors (Lipinski definition) is 6. The smallest absolute Gasteiger partial charge is 0.420 e. The highest BCUT2D eigenvalue weighted by molar-refractivity contribution is 5.94. The third-order valence-electron chi connectivity index (χ3n) is 4.26. The molecule has 1 atom stereocenters. The van der Waals surface area contributed by atoms with Gasteiger partial charge >= 0.3 is 18.2 Å². The fourth-order valence-corrected chi connectivity index (χ4v) is 2.89. The molecule has 0 unspecified atom stereocenters. The Hall–Kier alpha value is -3.35. The topological polar surface area (TPSA) is 82.1 Å². The Labute approximate surface area is 195 Å². The van der Waals surface area contributed by atoms with Crippen molar-refractivity contribution in [1.82, 2.24) is 4.90 Å². The summed E-state index contributed by atoms with van der Waals surface area (Å²) in [6.07, 6.45) is -1.91. The van der Waals surface area contributed by atoms with Gasteiger partial charge < -0.3 is 14.2 Å². The summed E-state index contributed by atoms with van der Waals surface area (Å²) in [4.78, 5) is 40.1. The molecule has 2 rings (SSSR count). The van der Waals surface area contributed by atoms with Crippen molar-refractivity contribution in [2.75, 3.05) is 0 Å². The van der Waals surface area contributed by atoms with Crippen molar-refractivity contribution in [3.8, 4) is 0 Å². The molecular formula is C26H33NO6. The summed E-state index contributed by atoms with van der Waals surface area (Å²) in [6.45, 7) is 10.1. The molecular weight excluding hydrogens is 423 g/mol. The second-order valence-corrected chi connectivity index (χ2v) is 9.63. The minimum absolute atomic E-state index is 0.00143. The molecule has 0 aliphatic heterocycles. The first-order valence-corrected chi connectivity index (χ1v) is 10.9. The molecule has 7 heteroatoms. The number of esters is 1. The van der Waals surface area contributed by atoms with Crippen LogP contribution in [0.3, 0.4) is 0 Å². The summed E-state index contributed by atoms with van der Waals surface area (Å²) in [5.74, 6) is -0.737. The van der Waals surface area contributed by atoms with Crippen molar-refractivity contribution in [3.63, 3.8) is 0 Å². The van der Waals surface area contributed by atoms with Crippen molar-refractivity contribution in [2.24, 2.45) is 0 Å². The molecule has 2 aromatic carbocycles. The van der Waals surface area contributed by atoms with E-state index in [1.54, 1.807) is 53.7 Å². The average Bonchev–Trinajstić information content (AvgIpc) is 2.70. The van der Waals surface area contributed by atoms with E-state index >= 15 is 0 Å². The van der Waals surface area contributed by atoms with E-state index < -0.39 is 35.4 Å². The molecule has 0 saturated heterocycles. The maximum absolute atomic E-state index is 13.2. The second kappa shape index (κ2) is 11.0. The number of nitrogens with zero attached hydrogens (tertiary/aromatic N) is 1. The number of imide groups is 1. The summed E-state index contributed by atoms with van der Waals surface area (Å²) in [6, 6.07) is 17.0. The largest absolute Gasteiger partial charge is 0.459 e. The highest BCUT2D eigenvalue weighted by Crippen LogP contribution is 2.20. The zero-order valence-corrected chi connectivity index (χ0v) is 20.2. The summed E-state index contributed by atoms with van der Waals surface area (Å²) < 4.78 is 16.4. The lowest BCUT2D eigenvalue weighted by molar-refractivity contribution is -0.151. The van der Waals surface area contributed by atoms with E-state index in [2.05, 4.69) is 0 Å². The summed E-state index contributed by atoms with van der Waals surface area (Å²) in [7, 11) is 0. The van der Waals surface area contributed by atoms with Crippen LogP contribution in [0, 0.1) is 0 Å². The lowest BCUT2D eigenvalue weighted by atomic mass is 10.1. The molecule has 0 aromatic heterocycles. The number of carbonyl (C=O) groups excluding carboxylic acids is 3. The Morgan fingerprint density at radius 3 is 1.58 bits per heavy atom. The SMILES string of the molecule is CC(C)(C)OC(=O)[15N](C(=O)OC(C)(C)C)[C@H](Cc1ccccc1)C(=O)OCc1ccccc1. The number of rotatable bonds is 6. The zero-order valence-electron chi connectivity index (χ0n) is 20.2. The quantitative estimate of drug-likeness (QED) is 0.324. The summed E-state index contributed by atoms with van der Waals surface area (Å²) in [5, 5.41) is 0. The van der Waals surface area contributed by atoms with E-state index in [4.69, 9.17) is 14.2 Å². The van der Waals surface area contributed by atoms with Gasteiger partial charge in [0.2, 0.25) is 0 Å². The van der Waals surface area contributed by atoms with E-state index in [1.807, 2.05) is 48.5 Å². The molecule has 0 aliphatic rings. The van der Waals surface area contributed by atoms with E-state index in [1.165, 1.54) is 0 Å². The van der Waals surface area contributed by atoms with Crippen LogP contribution >= 0.6 is 0 Å². The van der Waals surface area contributed by atoms with Gasteiger partial charge in [0.05, 0.1) is 0 Å². The molecule has 2 amide bonds. The maximum Gasteiger partial charge on any atom is 0.420 e. The van der Waals surface area contributed by atoms with Gasteiger partial charge in [0, 0.05) is 6.42 Å². The molecule has 0 fully saturated rings. The van der Waals surface area contributed by atoms with E-state index in [0.29, 0.717) is 0 Å². The highest BCUT2D eigenvalue weighted by atomic mass is 16.7. The van der Waals surface area contributed by atoms with Gasteiger partial charge in [-0.2, -0.15) is 4.90 Å². The van der Waals surface area contributed by atoms with E-state index in [9.17, 15) is 14.4 Å². The summed E-state index contributed by atoms with van der Waals surface area (Å²) >= 11 is 0. The number of amides is 2. The van der Waals surface area contributed by atoms with Gasteiger partial charge in [0.25, 0.3) is 0 Å². The van der Waals surface area contributed by atoms with Crippen LogP contribution in [0.2, 0.25) is 0 Å². The highest BCUT2D eigenvalue weighted by Gasteiger charge is 2.41. The van der Waals surface area contributed by atoms with Crippen LogP contribution in [0.4, 0.5) is 9.59 Å². The normalized spacial score (nSPS) is 12.4. The zero-order chi connectivity index (χ0) is 24.6. The van der Waals surface area contributed by atoms with E-state index in [-0.39, 0.29) is 13.0 Å². The summed E-state index contributed by atoms with van der Waals surface area (Å²) in [5.41, 5.74) is -0.243. The van der Waals surface area contributed by atoms with Crippen molar-refractivity contribution in [2.45, 2.75) is 71.8 Å². The minimum Gasteiger partial charge on any atom is -0.459 e. The number of carbonyl (C=O) groups is 3. The number of benzene rings is 2. The molecule has 7 nitrogen and oxygen atoms in total. The van der Waals surface area contributed by atoms with Crippen LogP contribution in [0.1, 0.15) is 52.7 Å². The van der Waals surface area contributed by atoms with Gasteiger partial charge in [-0.1, -0.05) is 60.7 Å². The lowest BCUT2D eigenvalue weighted by Crippen LogP contribution is -2.53. The molecule has 0 saturated carbocycles. The number of ether oxygens (including phenoxy) is 3. The first-order valence-electron chi connectivity index (χ1n) is 10.9. The third-order valence-corrected chi connectivity index (χ3v) is 4.26. The molecule has 0 aliphatic carbocycles. The fraction of sp³-hybridized carbons (Fsp3) is 0.423. The Bertz CT molecular complexity index is 901. The monoisotopic (exact) mass is 456 g/mol. The second-order valence-electron chi connectivity index (χ2n) is 9.63. The lowest BCUT2D eigenvalue weighted by Gasteiger charge is -2.32. The van der Waals surface area contributed by atoms with Crippen molar-refractivity contribution >= 4 is 18.2 Å². The van der Waals surface area contributed by atoms with Crippen LogP contribution in [0.15, 0.2) is 60.7 Å². The molecule has 0 radical (unpaired) electrons. The molecule has 0 bridgehead atoms. The molecule has 178 valence electrons. The molecule has 0 heterocycles. The molecule has 2 aromatic rings. The predicted octanol–water partition coefficient (Wildman–Crippen LogP) is 5.51. The maximum atomic E-state index is 13.2. The van der Waals surface area contributed by atoms with Crippen molar-refractivity contribution < 1.29 is 28.6 Å². The van der Waals surface area contributed by atoms with Gasteiger partial charge in [-0.3, -0.25) is 0 Å². The Morgan fingerprint density at radius 2 is 1.15 bits per heavy atom. The number of hydrogen-bond donors (Lipinski definition) is 0. The Morgan fingerprint density at radius 1 is 0.727 bits per heavy atom. The predicted molar refractivity (Wildman–Crippen MR) is 124 cm³/mol. The van der Waals surface area contributed by atoms with Crippen LogP contribution < -0.4 is 0 Å². The standard InChI is InChI=1S/C26H33NO6/c1-25(2,3)32-23(29)27(24(30)33-26(4,5)6)21(17-19-13-9-7-10-14-19)22(28)31-18-20-15-11-8-12-16-20/h7-16,21H,17-18H2,1-6H3/t21-/m1/s1/i27+1. The molecule has 33 heavy (non-hydrogen) atoms. The van der Waals surface area contributed by atoms with Crippen molar-refractivity contribution in [1.29, 1.82) is 0 Å². The van der Waals surface area contributed by atoms with Gasteiger partial charge in [-0.25, -0.2) is 14.4 Å².